The lowest BCUT2D eigenvalue weighted by atomic mass is 10.2. The number of nitrogens with zero attached hydrogens (tertiary/aromatic N) is 4. The van der Waals surface area contributed by atoms with Crippen molar-refractivity contribution in [2.75, 3.05) is 12.3 Å². The summed E-state index contributed by atoms with van der Waals surface area (Å²) in [4.78, 5) is 12.3. The van der Waals surface area contributed by atoms with E-state index in [1.54, 1.807) is 6.33 Å². The van der Waals surface area contributed by atoms with E-state index in [-0.39, 0.29) is 0 Å². The molecular weight excluding hydrogens is 216 g/mol. The molecule has 4 N–H and O–H groups in total. The second-order valence-corrected chi connectivity index (χ2v) is 4.07. The lowest BCUT2D eigenvalue weighted by Gasteiger charge is -2.04. The monoisotopic (exact) mass is 234 g/mol. The Bertz CT molecular complexity index is 478. The van der Waals surface area contributed by atoms with E-state index >= 15 is 0 Å². The van der Waals surface area contributed by atoms with Gasteiger partial charge in [-0.05, 0) is 19.4 Å². The predicted molar refractivity (Wildman–Crippen MR) is 67.3 cm³/mol. The minimum absolute atomic E-state index is 0.495. The smallest absolute Gasteiger partial charge is 0.182 e. The number of anilines is 1. The van der Waals surface area contributed by atoms with Crippen LogP contribution in [0.4, 0.5) is 5.82 Å². The number of hydrogen-bond donors (Lipinski definition) is 2. The van der Waals surface area contributed by atoms with Gasteiger partial charge in [0.2, 0.25) is 0 Å². The number of imidazole rings is 1. The Morgan fingerprint density at radius 2 is 1.88 bits per heavy atom. The molecule has 0 unspecified atom stereocenters. The van der Waals surface area contributed by atoms with E-state index in [1.165, 1.54) is 19.2 Å². The van der Waals surface area contributed by atoms with Crippen LogP contribution >= 0.6 is 0 Å². The summed E-state index contributed by atoms with van der Waals surface area (Å²) in [5, 5.41) is 0. The van der Waals surface area contributed by atoms with Gasteiger partial charge in [0.15, 0.2) is 11.5 Å². The Morgan fingerprint density at radius 3 is 2.71 bits per heavy atom. The Labute approximate surface area is 100 Å². The topological polar surface area (TPSA) is 95.6 Å². The number of rotatable bonds is 6. The van der Waals surface area contributed by atoms with Gasteiger partial charge in [-0.2, -0.15) is 0 Å². The molecule has 6 nitrogen and oxygen atoms in total. The summed E-state index contributed by atoms with van der Waals surface area (Å²) in [6, 6.07) is 0. The number of nitrogens with two attached hydrogens (primary N) is 2. The van der Waals surface area contributed by atoms with E-state index in [4.69, 9.17) is 11.5 Å². The third-order valence-electron chi connectivity index (χ3n) is 2.79. The summed E-state index contributed by atoms with van der Waals surface area (Å²) in [6.07, 6.45) is 7.75. The second kappa shape index (κ2) is 5.58. The Morgan fingerprint density at radius 1 is 1.06 bits per heavy atom. The molecule has 17 heavy (non-hydrogen) atoms. The van der Waals surface area contributed by atoms with Crippen LogP contribution in [-0.4, -0.2) is 26.1 Å². The molecule has 0 fully saturated rings. The van der Waals surface area contributed by atoms with Gasteiger partial charge >= 0.3 is 0 Å². The number of nitrogen functional groups attached to an aromatic ring is 1. The number of unbranched alkanes of at least 4 members (excludes halogenated alkanes) is 3. The summed E-state index contributed by atoms with van der Waals surface area (Å²) >= 11 is 0. The first-order valence-electron chi connectivity index (χ1n) is 5.94. The highest BCUT2D eigenvalue weighted by molar-refractivity contribution is 5.81. The molecule has 2 aromatic heterocycles. The molecule has 0 aliphatic heterocycles. The normalized spacial score (nSPS) is 11.1. The van der Waals surface area contributed by atoms with Crippen molar-refractivity contribution in [1.82, 2.24) is 19.5 Å². The van der Waals surface area contributed by atoms with Crippen LogP contribution < -0.4 is 11.5 Å². The average Bonchev–Trinajstić information content (AvgIpc) is 2.74. The molecule has 0 atom stereocenters. The van der Waals surface area contributed by atoms with Crippen molar-refractivity contribution in [2.45, 2.75) is 32.2 Å². The molecule has 0 bridgehead atoms. The molecule has 0 aliphatic carbocycles. The molecule has 6 heteroatoms. The molecule has 2 rings (SSSR count). The number of hydrogen-bond acceptors (Lipinski definition) is 5. The Hall–Kier alpha value is -1.69. The van der Waals surface area contributed by atoms with Crippen molar-refractivity contribution in [2.24, 2.45) is 5.73 Å². The lowest BCUT2D eigenvalue weighted by Crippen LogP contribution is -2.02. The van der Waals surface area contributed by atoms with Gasteiger partial charge in [-0.15, -0.1) is 0 Å². The quantitative estimate of drug-likeness (QED) is 0.725. The zero-order chi connectivity index (χ0) is 12.1. The maximum absolute atomic E-state index is 5.82. The molecule has 2 aromatic rings. The lowest BCUT2D eigenvalue weighted by molar-refractivity contribution is 0.582. The molecule has 0 amide bonds. The zero-order valence-corrected chi connectivity index (χ0v) is 9.84. The molecule has 92 valence electrons. The van der Waals surface area contributed by atoms with E-state index in [2.05, 4.69) is 15.0 Å². The van der Waals surface area contributed by atoms with Crippen molar-refractivity contribution < 1.29 is 0 Å². The maximum atomic E-state index is 5.82. The minimum Gasteiger partial charge on any atom is -0.382 e. The molecule has 0 aromatic carbocycles. The molecule has 0 spiro atoms. The van der Waals surface area contributed by atoms with E-state index < -0.39 is 0 Å². The van der Waals surface area contributed by atoms with Crippen molar-refractivity contribution in [3.8, 4) is 0 Å². The van der Waals surface area contributed by atoms with Crippen molar-refractivity contribution >= 4 is 17.0 Å². The molecule has 0 radical (unpaired) electrons. The highest BCUT2D eigenvalue weighted by Crippen LogP contribution is 2.16. The minimum atomic E-state index is 0.495. The standard InChI is InChI=1S/C11H18N6/c12-5-3-1-2-4-6-17-8-16-11-9(17)10(13)14-7-15-11/h7-8H,1-6,12H2,(H2,13,14,15). The zero-order valence-electron chi connectivity index (χ0n) is 9.84. The number of aromatic nitrogens is 4. The molecular formula is C11H18N6. The van der Waals surface area contributed by atoms with Gasteiger partial charge in [0, 0.05) is 6.54 Å². The first kappa shape index (κ1) is 11.8. The Balaban J connectivity index is 1.99. The van der Waals surface area contributed by atoms with E-state index in [0.29, 0.717) is 11.5 Å². The van der Waals surface area contributed by atoms with E-state index in [9.17, 15) is 0 Å². The largest absolute Gasteiger partial charge is 0.382 e. The Kier molecular flexibility index (Phi) is 3.87. The van der Waals surface area contributed by atoms with Gasteiger partial charge in [-0.1, -0.05) is 12.8 Å². The van der Waals surface area contributed by atoms with Crippen LogP contribution in [0.3, 0.4) is 0 Å². The molecule has 0 saturated carbocycles. The van der Waals surface area contributed by atoms with Crippen LogP contribution in [0.25, 0.3) is 11.2 Å². The summed E-state index contributed by atoms with van der Waals surface area (Å²) in [5.41, 5.74) is 12.8. The van der Waals surface area contributed by atoms with Gasteiger partial charge in [0.05, 0.1) is 6.33 Å². The predicted octanol–water partition coefficient (Wildman–Crippen LogP) is 0.928. The fourth-order valence-electron chi connectivity index (χ4n) is 1.88. The van der Waals surface area contributed by atoms with E-state index in [1.807, 2.05) is 4.57 Å². The van der Waals surface area contributed by atoms with Crippen LogP contribution in [0, 0.1) is 0 Å². The van der Waals surface area contributed by atoms with Crippen molar-refractivity contribution in [3.63, 3.8) is 0 Å². The third-order valence-corrected chi connectivity index (χ3v) is 2.79. The van der Waals surface area contributed by atoms with Gasteiger partial charge in [0.25, 0.3) is 0 Å². The highest BCUT2D eigenvalue weighted by atomic mass is 15.1. The van der Waals surface area contributed by atoms with Crippen LogP contribution in [0.15, 0.2) is 12.7 Å². The first-order valence-corrected chi connectivity index (χ1v) is 5.94. The molecule has 0 aliphatic rings. The van der Waals surface area contributed by atoms with Crippen molar-refractivity contribution in [1.29, 1.82) is 0 Å². The van der Waals surface area contributed by atoms with Crippen molar-refractivity contribution in [3.05, 3.63) is 12.7 Å². The van der Waals surface area contributed by atoms with Gasteiger partial charge < -0.3 is 16.0 Å². The van der Waals surface area contributed by atoms with Crippen LogP contribution in [-0.2, 0) is 6.54 Å². The fraction of sp³-hybridized carbons (Fsp3) is 0.545. The number of fused-ring (bicyclic) bond motifs is 1. The van der Waals surface area contributed by atoms with Crippen LogP contribution in [0.5, 0.6) is 0 Å². The molecule has 0 saturated heterocycles. The summed E-state index contributed by atoms with van der Waals surface area (Å²) in [5.74, 6) is 0.495. The summed E-state index contributed by atoms with van der Waals surface area (Å²) in [7, 11) is 0. The number of aryl methyl sites for hydroxylation is 1. The van der Waals surface area contributed by atoms with Gasteiger partial charge in [-0.3, -0.25) is 0 Å². The average molecular weight is 234 g/mol. The third kappa shape index (κ3) is 2.71. The SMILES string of the molecule is NCCCCCCn1cnc2ncnc(N)c21. The van der Waals surface area contributed by atoms with Gasteiger partial charge in [-0.25, -0.2) is 15.0 Å². The van der Waals surface area contributed by atoms with Gasteiger partial charge in [0.1, 0.15) is 11.8 Å². The van der Waals surface area contributed by atoms with Crippen LogP contribution in [0.2, 0.25) is 0 Å². The molecule has 2 heterocycles. The highest BCUT2D eigenvalue weighted by Gasteiger charge is 2.07. The fourth-order valence-corrected chi connectivity index (χ4v) is 1.88. The van der Waals surface area contributed by atoms with Crippen LogP contribution in [0.1, 0.15) is 25.7 Å². The second-order valence-electron chi connectivity index (χ2n) is 4.07. The first-order chi connectivity index (χ1) is 8.33. The summed E-state index contributed by atoms with van der Waals surface area (Å²) in [6.45, 7) is 1.67. The van der Waals surface area contributed by atoms with E-state index in [0.717, 1.165) is 31.4 Å². The summed E-state index contributed by atoms with van der Waals surface area (Å²) < 4.78 is 2.02. The maximum Gasteiger partial charge on any atom is 0.182 e.